The minimum absolute atomic E-state index is 0.253. The van der Waals surface area contributed by atoms with Crippen molar-refractivity contribution in [1.29, 1.82) is 0 Å². The van der Waals surface area contributed by atoms with Gasteiger partial charge in [0.05, 0.1) is 6.54 Å². The topological polar surface area (TPSA) is 54.2 Å². The van der Waals surface area contributed by atoms with Crippen molar-refractivity contribution in [1.82, 2.24) is 15.5 Å². The molecule has 5 nitrogen and oxygen atoms in total. The number of nitrogens with one attached hydrogen (secondary N) is 1. The molecule has 2 heterocycles. The van der Waals surface area contributed by atoms with Gasteiger partial charge in [-0.25, -0.2) is 0 Å². The van der Waals surface area contributed by atoms with Crippen molar-refractivity contribution in [2.45, 2.75) is 39.0 Å². The molecule has 1 aliphatic rings. The molecule has 0 unspecified atom stereocenters. The number of rotatable bonds is 5. The Balaban J connectivity index is 1.89. The molecule has 2 rings (SSSR count). The van der Waals surface area contributed by atoms with E-state index in [0.717, 1.165) is 25.4 Å². The van der Waals surface area contributed by atoms with Crippen molar-refractivity contribution in [3.8, 4) is 0 Å². The van der Waals surface area contributed by atoms with E-state index in [2.05, 4.69) is 48.1 Å². The van der Waals surface area contributed by atoms with Crippen LogP contribution in [0.15, 0.2) is 4.42 Å². The summed E-state index contributed by atoms with van der Waals surface area (Å²) in [6.45, 7) is 12.4. The van der Waals surface area contributed by atoms with Crippen LogP contribution in [0, 0.1) is 5.92 Å². The van der Waals surface area contributed by atoms with Crippen molar-refractivity contribution in [3.63, 3.8) is 0 Å². The number of aromatic nitrogens is 2. The first-order valence-electron chi connectivity index (χ1n) is 6.88. The molecule has 0 aliphatic carbocycles. The predicted octanol–water partition coefficient (Wildman–Crippen LogP) is 2.15. The summed E-state index contributed by atoms with van der Waals surface area (Å²) in [5, 5.41) is 11.6. The van der Waals surface area contributed by atoms with E-state index >= 15 is 0 Å². The Labute approximate surface area is 119 Å². The van der Waals surface area contributed by atoms with E-state index in [1.165, 1.54) is 0 Å². The SMILES string of the molecule is CC(C)CNCc1nnc(N2CCSC(C)(C)C2)o1. The lowest BCUT2D eigenvalue weighted by molar-refractivity contribution is 0.443. The monoisotopic (exact) mass is 284 g/mol. The Morgan fingerprint density at radius 2 is 2.21 bits per heavy atom. The van der Waals surface area contributed by atoms with Crippen molar-refractivity contribution >= 4 is 17.8 Å². The van der Waals surface area contributed by atoms with Gasteiger partial charge < -0.3 is 14.6 Å². The molecule has 0 aromatic carbocycles. The average molecular weight is 284 g/mol. The largest absolute Gasteiger partial charge is 0.407 e. The van der Waals surface area contributed by atoms with Crippen LogP contribution in [0.3, 0.4) is 0 Å². The van der Waals surface area contributed by atoms with Crippen LogP contribution in [0.5, 0.6) is 0 Å². The molecule has 19 heavy (non-hydrogen) atoms. The maximum absolute atomic E-state index is 5.73. The normalized spacial score (nSPS) is 19.1. The molecule has 0 bridgehead atoms. The fraction of sp³-hybridized carbons (Fsp3) is 0.846. The molecule has 1 N–H and O–H groups in total. The zero-order valence-electron chi connectivity index (χ0n) is 12.3. The van der Waals surface area contributed by atoms with E-state index in [9.17, 15) is 0 Å². The summed E-state index contributed by atoms with van der Waals surface area (Å²) in [7, 11) is 0. The summed E-state index contributed by atoms with van der Waals surface area (Å²) in [5.74, 6) is 2.41. The van der Waals surface area contributed by atoms with Crippen LogP contribution in [-0.2, 0) is 6.54 Å². The minimum atomic E-state index is 0.253. The van der Waals surface area contributed by atoms with Gasteiger partial charge in [-0.3, -0.25) is 0 Å². The minimum Gasteiger partial charge on any atom is -0.407 e. The molecular formula is C13H24N4OS. The van der Waals surface area contributed by atoms with Crippen molar-refractivity contribution < 1.29 is 4.42 Å². The van der Waals surface area contributed by atoms with Crippen molar-refractivity contribution in [3.05, 3.63) is 5.89 Å². The lowest BCUT2D eigenvalue weighted by Gasteiger charge is -2.36. The molecule has 0 saturated carbocycles. The van der Waals surface area contributed by atoms with Gasteiger partial charge >= 0.3 is 6.01 Å². The molecule has 0 amide bonds. The lowest BCUT2D eigenvalue weighted by atomic mass is 10.2. The summed E-state index contributed by atoms with van der Waals surface area (Å²) >= 11 is 2.00. The fourth-order valence-corrected chi connectivity index (χ4v) is 3.20. The number of anilines is 1. The van der Waals surface area contributed by atoms with Crippen molar-refractivity contribution in [2.75, 3.05) is 30.3 Å². The van der Waals surface area contributed by atoms with Crippen LogP contribution in [-0.4, -0.2) is 40.3 Å². The summed E-state index contributed by atoms with van der Waals surface area (Å²) < 4.78 is 5.98. The smallest absolute Gasteiger partial charge is 0.318 e. The number of nitrogens with zero attached hydrogens (tertiary/aromatic N) is 3. The third kappa shape index (κ3) is 4.38. The van der Waals surface area contributed by atoms with Crippen molar-refractivity contribution in [2.24, 2.45) is 5.92 Å². The third-order valence-electron chi connectivity index (χ3n) is 2.98. The first-order valence-corrected chi connectivity index (χ1v) is 7.87. The molecular weight excluding hydrogens is 260 g/mol. The first kappa shape index (κ1) is 14.7. The highest BCUT2D eigenvalue weighted by molar-refractivity contribution is 8.00. The number of hydrogen-bond donors (Lipinski definition) is 1. The molecule has 0 spiro atoms. The lowest BCUT2D eigenvalue weighted by Crippen LogP contribution is -2.43. The number of thioether (sulfide) groups is 1. The molecule has 1 fully saturated rings. The quantitative estimate of drug-likeness (QED) is 0.894. The van der Waals surface area contributed by atoms with E-state index in [-0.39, 0.29) is 4.75 Å². The van der Waals surface area contributed by atoms with Crippen LogP contribution in [0.1, 0.15) is 33.6 Å². The van der Waals surface area contributed by atoms with E-state index in [4.69, 9.17) is 4.42 Å². The molecule has 1 aromatic rings. The molecule has 0 radical (unpaired) electrons. The predicted molar refractivity (Wildman–Crippen MR) is 79.6 cm³/mol. The van der Waals surface area contributed by atoms with Gasteiger partial charge in [0.25, 0.3) is 0 Å². The van der Waals surface area contributed by atoms with Crippen LogP contribution in [0.25, 0.3) is 0 Å². The summed E-state index contributed by atoms with van der Waals surface area (Å²) in [5.41, 5.74) is 0. The molecule has 1 saturated heterocycles. The Hall–Kier alpha value is -0.750. The highest BCUT2D eigenvalue weighted by Gasteiger charge is 2.29. The summed E-state index contributed by atoms with van der Waals surface area (Å²) in [6, 6.07) is 0.662. The summed E-state index contributed by atoms with van der Waals surface area (Å²) in [6.07, 6.45) is 0. The van der Waals surface area contributed by atoms with Gasteiger partial charge in [-0.15, -0.1) is 5.10 Å². The average Bonchev–Trinajstić information content (AvgIpc) is 2.76. The van der Waals surface area contributed by atoms with Crippen LogP contribution >= 0.6 is 11.8 Å². The van der Waals surface area contributed by atoms with E-state index in [1.54, 1.807) is 0 Å². The standard InChI is InChI=1S/C13H24N4OS/c1-10(2)7-14-8-11-15-16-12(18-11)17-5-6-19-13(3,4)9-17/h10,14H,5-9H2,1-4H3. The van der Waals surface area contributed by atoms with Gasteiger partial charge in [0, 0.05) is 23.6 Å². The zero-order valence-corrected chi connectivity index (χ0v) is 13.1. The molecule has 108 valence electrons. The maximum atomic E-state index is 5.73. The second-order valence-electron chi connectivity index (χ2n) is 6.03. The maximum Gasteiger partial charge on any atom is 0.318 e. The van der Waals surface area contributed by atoms with E-state index in [0.29, 0.717) is 24.4 Å². The Bertz CT molecular complexity index is 405. The van der Waals surface area contributed by atoms with Gasteiger partial charge in [-0.2, -0.15) is 11.8 Å². The van der Waals surface area contributed by atoms with Gasteiger partial charge in [-0.05, 0) is 26.3 Å². The van der Waals surface area contributed by atoms with Crippen LogP contribution < -0.4 is 10.2 Å². The molecule has 0 atom stereocenters. The van der Waals surface area contributed by atoms with Gasteiger partial charge in [0.15, 0.2) is 0 Å². The Morgan fingerprint density at radius 1 is 1.42 bits per heavy atom. The second-order valence-corrected chi connectivity index (χ2v) is 7.83. The molecule has 1 aliphatic heterocycles. The van der Waals surface area contributed by atoms with Crippen LogP contribution in [0.2, 0.25) is 0 Å². The van der Waals surface area contributed by atoms with Gasteiger partial charge in [0.2, 0.25) is 5.89 Å². The van der Waals surface area contributed by atoms with Gasteiger partial charge in [0.1, 0.15) is 0 Å². The molecule has 1 aromatic heterocycles. The van der Waals surface area contributed by atoms with Crippen LogP contribution in [0.4, 0.5) is 6.01 Å². The van der Waals surface area contributed by atoms with E-state index in [1.807, 2.05) is 11.8 Å². The molecule has 6 heteroatoms. The third-order valence-corrected chi connectivity index (χ3v) is 4.28. The Kier molecular flexibility index (Phi) is 4.73. The first-order chi connectivity index (χ1) is 8.96. The fourth-order valence-electron chi connectivity index (χ4n) is 2.09. The Morgan fingerprint density at radius 3 is 2.89 bits per heavy atom. The number of hydrogen-bond acceptors (Lipinski definition) is 6. The highest BCUT2D eigenvalue weighted by Crippen LogP contribution is 2.31. The highest BCUT2D eigenvalue weighted by atomic mass is 32.2. The summed E-state index contributed by atoms with van der Waals surface area (Å²) in [4.78, 5) is 2.19. The zero-order chi connectivity index (χ0) is 13.9. The second kappa shape index (κ2) is 6.13. The van der Waals surface area contributed by atoms with E-state index < -0.39 is 0 Å². The van der Waals surface area contributed by atoms with Gasteiger partial charge in [-0.1, -0.05) is 18.9 Å².